The highest BCUT2D eigenvalue weighted by Crippen LogP contribution is 2.29. The lowest BCUT2D eigenvalue weighted by Gasteiger charge is -2.43. The van der Waals surface area contributed by atoms with E-state index in [-0.39, 0.29) is 11.5 Å². The lowest BCUT2D eigenvalue weighted by molar-refractivity contribution is -0.0605. The van der Waals surface area contributed by atoms with Gasteiger partial charge in [0.1, 0.15) is 0 Å². The summed E-state index contributed by atoms with van der Waals surface area (Å²) in [6.45, 7) is 11.6. The van der Waals surface area contributed by atoms with Crippen LogP contribution in [0.5, 0.6) is 0 Å². The predicted octanol–water partition coefficient (Wildman–Crippen LogP) is 4.87. The molecule has 2 aromatic carbocycles. The number of morpholine rings is 1. The van der Waals surface area contributed by atoms with Gasteiger partial charge < -0.3 is 15.0 Å². The van der Waals surface area contributed by atoms with E-state index in [4.69, 9.17) is 4.74 Å². The molecule has 1 heterocycles. The second-order valence-corrected chi connectivity index (χ2v) is 11.9. The van der Waals surface area contributed by atoms with Gasteiger partial charge >= 0.3 is 0 Å². The molecule has 1 fully saturated rings. The minimum atomic E-state index is -3.52. The first-order valence-corrected chi connectivity index (χ1v) is 12.9. The summed E-state index contributed by atoms with van der Waals surface area (Å²) in [7, 11) is -3.52. The third kappa shape index (κ3) is 5.86. The van der Waals surface area contributed by atoms with Crippen LogP contribution in [-0.2, 0) is 14.8 Å². The summed E-state index contributed by atoms with van der Waals surface area (Å²) in [5.41, 5.74) is 2.58. The Morgan fingerprint density at radius 3 is 2.12 bits per heavy atom. The molecule has 0 aromatic heterocycles. The molecule has 8 heteroatoms. The van der Waals surface area contributed by atoms with Gasteiger partial charge in [0, 0.05) is 35.7 Å². The second-order valence-electron chi connectivity index (χ2n) is 9.46. The van der Waals surface area contributed by atoms with Crippen molar-refractivity contribution in [3.05, 3.63) is 54.1 Å². The normalized spacial score (nSPS) is 16.3. The third-order valence-electron chi connectivity index (χ3n) is 6.23. The number of anilines is 3. The number of hydrogen-bond acceptors (Lipinski definition) is 5. The molecule has 2 N–H and O–H groups in total. The molecule has 3 rings (SSSR count). The number of sulfonamides is 1. The van der Waals surface area contributed by atoms with Crippen molar-refractivity contribution in [2.75, 3.05) is 34.6 Å². The van der Waals surface area contributed by atoms with Crippen molar-refractivity contribution < 1.29 is 17.9 Å². The Hall–Kier alpha value is -2.58. The predicted molar refractivity (Wildman–Crippen MR) is 135 cm³/mol. The van der Waals surface area contributed by atoms with E-state index in [0.717, 1.165) is 31.6 Å². The molecule has 0 spiro atoms. The molecule has 0 atom stereocenters. The van der Waals surface area contributed by atoms with Crippen molar-refractivity contribution in [3.8, 4) is 0 Å². The Kier molecular flexibility index (Phi) is 7.39. The van der Waals surface area contributed by atoms with Crippen LogP contribution < -0.4 is 14.9 Å². The van der Waals surface area contributed by atoms with Crippen molar-refractivity contribution in [1.82, 2.24) is 0 Å². The average molecular weight is 474 g/mol. The van der Waals surface area contributed by atoms with Crippen LogP contribution in [0.4, 0.5) is 17.1 Å². The highest BCUT2D eigenvalue weighted by Gasteiger charge is 2.33. The molecule has 1 aliphatic rings. The summed E-state index contributed by atoms with van der Waals surface area (Å²) in [5.74, 6) is -0.254. The molecule has 180 valence electrons. The van der Waals surface area contributed by atoms with Crippen LogP contribution in [0.2, 0.25) is 0 Å². The molecule has 33 heavy (non-hydrogen) atoms. The van der Waals surface area contributed by atoms with Gasteiger partial charge in [0.25, 0.3) is 5.91 Å². The number of ether oxygens (including phenoxy) is 1. The van der Waals surface area contributed by atoms with Crippen molar-refractivity contribution in [2.24, 2.45) is 0 Å². The Labute approximate surface area is 197 Å². The van der Waals surface area contributed by atoms with Crippen LogP contribution in [0.3, 0.4) is 0 Å². The number of nitrogens with zero attached hydrogens (tertiary/aromatic N) is 1. The van der Waals surface area contributed by atoms with Gasteiger partial charge in [0.05, 0.1) is 17.0 Å². The van der Waals surface area contributed by atoms with E-state index in [1.807, 2.05) is 24.3 Å². The standard InChI is InChI=1S/C25H35N3O4S/c1-6-25(7-2)18-28(16-17-32-25)22-14-12-20(13-15-22)26-23(29)19-8-10-21(11-9-19)27-33(30,31)24(3,4)5/h8-15,27H,6-7,16-18H2,1-5H3,(H,26,29). The third-order valence-corrected chi connectivity index (χ3v) is 8.35. The highest BCUT2D eigenvalue weighted by molar-refractivity contribution is 7.94. The molecule has 0 unspecified atom stereocenters. The highest BCUT2D eigenvalue weighted by atomic mass is 32.2. The molecule has 0 saturated carbocycles. The van der Waals surface area contributed by atoms with E-state index < -0.39 is 14.8 Å². The van der Waals surface area contributed by atoms with Crippen molar-refractivity contribution in [3.63, 3.8) is 0 Å². The van der Waals surface area contributed by atoms with E-state index in [9.17, 15) is 13.2 Å². The van der Waals surface area contributed by atoms with Crippen LogP contribution in [0.15, 0.2) is 48.5 Å². The fourth-order valence-corrected chi connectivity index (χ4v) is 4.45. The first kappa shape index (κ1) is 25.1. The van der Waals surface area contributed by atoms with Gasteiger partial charge in [-0.2, -0.15) is 0 Å². The Morgan fingerprint density at radius 1 is 1.00 bits per heavy atom. The van der Waals surface area contributed by atoms with Crippen LogP contribution in [0.1, 0.15) is 57.8 Å². The Morgan fingerprint density at radius 2 is 1.58 bits per heavy atom. The molecule has 7 nitrogen and oxygen atoms in total. The Bertz CT molecular complexity index is 1050. The van der Waals surface area contributed by atoms with Crippen molar-refractivity contribution in [2.45, 2.75) is 57.8 Å². The van der Waals surface area contributed by atoms with E-state index in [1.165, 1.54) is 0 Å². The number of rotatable bonds is 7. The summed E-state index contributed by atoms with van der Waals surface area (Å²) in [5, 5.41) is 2.90. The van der Waals surface area contributed by atoms with Gasteiger partial charge in [-0.1, -0.05) is 13.8 Å². The van der Waals surface area contributed by atoms with Crippen LogP contribution in [0.25, 0.3) is 0 Å². The maximum Gasteiger partial charge on any atom is 0.255 e. The number of hydrogen-bond donors (Lipinski definition) is 2. The Balaban J connectivity index is 1.63. The van der Waals surface area contributed by atoms with Gasteiger partial charge in [-0.15, -0.1) is 0 Å². The first-order valence-electron chi connectivity index (χ1n) is 11.4. The van der Waals surface area contributed by atoms with E-state index in [2.05, 4.69) is 28.8 Å². The topological polar surface area (TPSA) is 87.7 Å². The van der Waals surface area contributed by atoms with Crippen LogP contribution in [-0.4, -0.2) is 44.4 Å². The zero-order chi connectivity index (χ0) is 24.3. The fourth-order valence-electron chi connectivity index (χ4n) is 3.70. The lowest BCUT2D eigenvalue weighted by Crippen LogP contribution is -2.51. The molecule has 1 amide bonds. The van der Waals surface area contributed by atoms with Gasteiger partial charge in [0.15, 0.2) is 0 Å². The average Bonchev–Trinajstić information content (AvgIpc) is 2.79. The summed E-state index contributed by atoms with van der Waals surface area (Å²) in [6, 6.07) is 14.2. The maximum atomic E-state index is 12.6. The van der Waals surface area contributed by atoms with Gasteiger partial charge in [-0.05, 0) is 82.1 Å². The summed E-state index contributed by atoms with van der Waals surface area (Å²) < 4.78 is 32.3. The largest absolute Gasteiger partial charge is 0.371 e. The maximum absolute atomic E-state index is 12.6. The monoisotopic (exact) mass is 473 g/mol. The van der Waals surface area contributed by atoms with E-state index >= 15 is 0 Å². The molecule has 0 bridgehead atoms. The van der Waals surface area contributed by atoms with Gasteiger partial charge in [0.2, 0.25) is 10.0 Å². The number of carbonyl (C=O) groups excluding carboxylic acids is 1. The minimum Gasteiger partial charge on any atom is -0.371 e. The summed E-state index contributed by atoms with van der Waals surface area (Å²) >= 11 is 0. The fraction of sp³-hybridized carbons (Fsp3) is 0.480. The van der Waals surface area contributed by atoms with Gasteiger partial charge in [-0.25, -0.2) is 8.42 Å². The molecular formula is C25H35N3O4S. The van der Waals surface area contributed by atoms with E-state index in [1.54, 1.807) is 45.0 Å². The molecule has 0 aliphatic carbocycles. The number of nitrogens with one attached hydrogen (secondary N) is 2. The molecule has 1 aliphatic heterocycles. The lowest BCUT2D eigenvalue weighted by atomic mass is 9.94. The summed E-state index contributed by atoms with van der Waals surface area (Å²) in [6.07, 6.45) is 1.95. The number of benzene rings is 2. The van der Waals surface area contributed by atoms with Crippen LogP contribution in [0, 0.1) is 0 Å². The minimum absolute atomic E-state index is 0.0988. The zero-order valence-corrected chi connectivity index (χ0v) is 21.0. The number of amides is 1. The summed E-state index contributed by atoms with van der Waals surface area (Å²) in [4.78, 5) is 15.0. The molecule has 1 saturated heterocycles. The SMILES string of the molecule is CCC1(CC)CN(c2ccc(NC(=O)c3ccc(NS(=O)(=O)C(C)(C)C)cc3)cc2)CCO1. The second kappa shape index (κ2) is 9.73. The quantitative estimate of drug-likeness (QED) is 0.599. The molecular weight excluding hydrogens is 438 g/mol. The van der Waals surface area contributed by atoms with Crippen molar-refractivity contribution in [1.29, 1.82) is 0 Å². The van der Waals surface area contributed by atoms with E-state index in [0.29, 0.717) is 23.5 Å². The zero-order valence-electron chi connectivity index (χ0n) is 20.1. The first-order chi connectivity index (χ1) is 15.5. The molecule has 2 aromatic rings. The molecule has 0 radical (unpaired) electrons. The number of carbonyl (C=O) groups is 1. The smallest absolute Gasteiger partial charge is 0.255 e. The van der Waals surface area contributed by atoms with Gasteiger partial charge in [-0.3, -0.25) is 9.52 Å². The van der Waals surface area contributed by atoms with Crippen molar-refractivity contribution >= 4 is 33.0 Å². The van der Waals surface area contributed by atoms with Crippen LogP contribution >= 0.6 is 0 Å².